The Labute approximate surface area is 175 Å². The zero-order valence-electron chi connectivity index (χ0n) is 17.8. The van der Waals surface area contributed by atoms with Crippen molar-refractivity contribution >= 4 is 23.9 Å². The molecular weight excluding hydrogens is 402 g/mol. The Morgan fingerprint density at radius 1 is 0.800 bits per heavy atom. The minimum absolute atomic E-state index is 0.0562. The summed E-state index contributed by atoms with van der Waals surface area (Å²) in [5, 5.41) is 0.505. The van der Waals surface area contributed by atoms with E-state index >= 15 is 0 Å². The van der Waals surface area contributed by atoms with Crippen LogP contribution in [0.25, 0.3) is 0 Å². The van der Waals surface area contributed by atoms with Crippen molar-refractivity contribution in [3.63, 3.8) is 0 Å². The molecular formula is C19H31NO10. The lowest BCUT2D eigenvalue weighted by atomic mass is 9.99. The van der Waals surface area contributed by atoms with Gasteiger partial charge in [-0.05, 0) is 5.41 Å². The number of carbonyl (C=O) groups is 4. The predicted molar refractivity (Wildman–Crippen MR) is 101 cm³/mol. The second-order valence-electron chi connectivity index (χ2n) is 7.58. The van der Waals surface area contributed by atoms with E-state index in [1.54, 1.807) is 0 Å². The number of carbonyl (C=O) groups excluding carboxylic acids is 4. The molecule has 0 N–H and O–H groups in total. The van der Waals surface area contributed by atoms with E-state index < -0.39 is 23.9 Å². The predicted octanol–water partition coefficient (Wildman–Crippen LogP) is 1.23. The highest BCUT2D eigenvalue weighted by Crippen LogP contribution is 2.13. The van der Waals surface area contributed by atoms with Crippen LogP contribution < -0.4 is 0 Å². The summed E-state index contributed by atoms with van der Waals surface area (Å²) in [5.41, 5.74) is -0.117. The van der Waals surface area contributed by atoms with E-state index in [-0.39, 0.29) is 57.7 Å². The van der Waals surface area contributed by atoms with Crippen LogP contribution in [0, 0.1) is 5.41 Å². The van der Waals surface area contributed by atoms with Gasteiger partial charge in [-0.1, -0.05) is 20.8 Å². The van der Waals surface area contributed by atoms with Crippen molar-refractivity contribution in [1.82, 2.24) is 5.06 Å². The Kier molecular flexibility index (Phi) is 11.9. The molecule has 0 unspecified atom stereocenters. The number of amides is 2. The number of nitrogens with zero attached hydrogens (tertiary/aromatic N) is 1. The maximum atomic E-state index is 11.5. The van der Waals surface area contributed by atoms with E-state index in [0.717, 1.165) is 0 Å². The highest BCUT2D eigenvalue weighted by Gasteiger charge is 2.32. The number of hydrogen-bond acceptors (Lipinski definition) is 10. The molecule has 1 fully saturated rings. The molecule has 1 rings (SSSR count). The third-order valence-corrected chi connectivity index (χ3v) is 3.46. The van der Waals surface area contributed by atoms with Crippen molar-refractivity contribution in [2.45, 2.75) is 40.0 Å². The Balaban J connectivity index is 1.85. The molecule has 172 valence electrons. The standard InChI is InChI=1S/C19H31NO10/c1-19(2,3)14-29-18(24)28-13-12-27-11-10-26-9-8-25-7-6-17(23)30-20-15(21)4-5-16(20)22/h4-14H2,1-3H3. The van der Waals surface area contributed by atoms with Gasteiger partial charge in [0.1, 0.15) is 6.61 Å². The summed E-state index contributed by atoms with van der Waals surface area (Å²) in [7, 11) is 0. The van der Waals surface area contributed by atoms with Crippen LogP contribution in [0.2, 0.25) is 0 Å². The molecule has 0 aliphatic carbocycles. The SMILES string of the molecule is CC(C)(C)COC(=O)OCCOCCOCCOCCC(=O)ON1C(=O)CCC1=O. The zero-order chi connectivity index (χ0) is 22.4. The summed E-state index contributed by atoms with van der Waals surface area (Å²) in [6.45, 7) is 7.75. The molecule has 0 aromatic heterocycles. The molecule has 1 aliphatic rings. The van der Waals surface area contributed by atoms with Crippen molar-refractivity contribution in [3.05, 3.63) is 0 Å². The van der Waals surface area contributed by atoms with Gasteiger partial charge in [-0.15, -0.1) is 5.06 Å². The van der Waals surface area contributed by atoms with E-state index in [1.165, 1.54) is 0 Å². The van der Waals surface area contributed by atoms with Gasteiger partial charge in [-0.25, -0.2) is 9.59 Å². The first kappa shape index (κ1) is 25.8. The smallest absolute Gasteiger partial charge is 0.434 e. The zero-order valence-corrected chi connectivity index (χ0v) is 17.8. The first-order chi connectivity index (χ1) is 14.2. The van der Waals surface area contributed by atoms with Crippen molar-refractivity contribution in [2.24, 2.45) is 5.41 Å². The van der Waals surface area contributed by atoms with Crippen LogP contribution in [-0.4, -0.2) is 81.9 Å². The molecule has 0 bridgehead atoms. The van der Waals surface area contributed by atoms with E-state index in [4.69, 9.17) is 28.5 Å². The molecule has 11 nitrogen and oxygen atoms in total. The summed E-state index contributed by atoms with van der Waals surface area (Å²) in [5.74, 6) is -1.74. The van der Waals surface area contributed by atoms with Crippen LogP contribution in [0.5, 0.6) is 0 Å². The van der Waals surface area contributed by atoms with Gasteiger partial charge in [-0.2, -0.15) is 0 Å². The molecule has 1 aliphatic heterocycles. The second kappa shape index (κ2) is 13.9. The van der Waals surface area contributed by atoms with Crippen LogP contribution in [0.15, 0.2) is 0 Å². The minimum Gasteiger partial charge on any atom is -0.434 e. The molecule has 1 heterocycles. The van der Waals surface area contributed by atoms with Crippen molar-refractivity contribution in [1.29, 1.82) is 0 Å². The summed E-state index contributed by atoms with van der Waals surface area (Å²) >= 11 is 0. The third-order valence-electron chi connectivity index (χ3n) is 3.46. The van der Waals surface area contributed by atoms with E-state index in [0.29, 0.717) is 24.9 Å². The number of hydrogen-bond donors (Lipinski definition) is 0. The quantitative estimate of drug-likeness (QED) is 0.224. The Bertz CT molecular complexity index is 556. The molecule has 0 atom stereocenters. The lowest BCUT2D eigenvalue weighted by Gasteiger charge is -2.17. The largest absolute Gasteiger partial charge is 0.508 e. The van der Waals surface area contributed by atoms with Crippen LogP contribution in [0.1, 0.15) is 40.0 Å². The lowest BCUT2D eigenvalue weighted by Crippen LogP contribution is -2.32. The highest BCUT2D eigenvalue weighted by molar-refractivity contribution is 6.01. The molecule has 11 heteroatoms. The Hall–Kier alpha value is -2.24. The summed E-state index contributed by atoms with van der Waals surface area (Å²) in [6.07, 6.45) is -0.691. The van der Waals surface area contributed by atoms with Crippen molar-refractivity contribution in [2.75, 3.05) is 52.9 Å². The number of ether oxygens (including phenoxy) is 5. The lowest BCUT2D eigenvalue weighted by molar-refractivity contribution is -0.198. The van der Waals surface area contributed by atoms with Gasteiger partial charge in [0, 0.05) is 12.8 Å². The Morgan fingerprint density at radius 3 is 1.83 bits per heavy atom. The van der Waals surface area contributed by atoms with Crippen LogP contribution >= 0.6 is 0 Å². The average Bonchev–Trinajstić information content (AvgIpc) is 2.98. The maximum absolute atomic E-state index is 11.5. The molecule has 0 aromatic carbocycles. The monoisotopic (exact) mass is 433 g/mol. The van der Waals surface area contributed by atoms with Gasteiger partial charge in [0.05, 0.1) is 52.7 Å². The minimum atomic E-state index is -0.718. The fourth-order valence-electron chi connectivity index (χ4n) is 2.00. The van der Waals surface area contributed by atoms with E-state index in [1.807, 2.05) is 20.8 Å². The average molecular weight is 433 g/mol. The van der Waals surface area contributed by atoms with Gasteiger partial charge in [0.2, 0.25) is 0 Å². The molecule has 1 saturated heterocycles. The van der Waals surface area contributed by atoms with Gasteiger partial charge in [0.25, 0.3) is 11.8 Å². The van der Waals surface area contributed by atoms with Crippen molar-refractivity contribution in [3.8, 4) is 0 Å². The molecule has 30 heavy (non-hydrogen) atoms. The maximum Gasteiger partial charge on any atom is 0.508 e. The van der Waals surface area contributed by atoms with Gasteiger partial charge in [-0.3, -0.25) is 9.59 Å². The third kappa shape index (κ3) is 12.3. The topological polar surface area (TPSA) is 127 Å². The first-order valence-corrected chi connectivity index (χ1v) is 9.78. The normalized spacial score (nSPS) is 14.2. The van der Waals surface area contributed by atoms with E-state index in [2.05, 4.69) is 0 Å². The molecule has 0 aromatic rings. The van der Waals surface area contributed by atoms with Gasteiger partial charge >= 0.3 is 12.1 Å². The van der Waals surface area contributed by atoms with Crippen LogP contribution in [0.4, 0.5) is 4.79 Å². The summed E-state index contributed by atoms with van der Waals surface area (Å²) in [6, 6.07) is 0. The molecule has 0 radical (unpaired) electrons. The summed E-state index contributed by atoms with van der Waals surface area (Å²) < 4.78 is 25.5. The number of imide groups is 1. The fraction of sp³-hybridized carbons (Fsp3) is 0.789. The number of hydroxylamine groups is 2. The highest BCUT2D eigenvalue weighted by atomic mass is 16.7. The fourth-order valence-corrected chi connectivity index (χ4v) is 2.00. The molecule has 0 spiro atoms. The van der Waals surface area contributed by atoms with E-state index in [9.17, 15) is 19.2 Å². The van der Waals surface area contributed by atoms with Gasteiger partial charge in [0.15, 0.2) is 0 Å². The molecule has 2 amide bonds. The number of rotatable bonds is 14. The molecule has 0 saturated carbocycles. The second-order valence-corrected chi connectivity index (χ2v) is 7.58. The summed E-state index contributed by atoms with van der Waals surface area (Å²) in [4.78, 5) is 50.2. The Morgan fingerprint density at radius 2 is 1.30 bits per heavy atom. The first-order valence-electron chi connectivity index (χ1n) is 9.78. The van der Waals surface area contributed by atoms with Crippen LogP contribution in [-0.2, 0) is 42.9 Å². The van der Waals surface area contributed by atoms with Crippen molar-refractivity contribution < 1.29 is 47.7 Å². The van der Waals surface area contributed by atoms with Crippen LogP contribution in [0.3, 0.4) is 0 Å². The van der Waals surface area contributed by atoms with Gasteiger partial charge < -0.3 is 28.5 Å².